The van der Waals surface area contributed by atoms with Crippen molar-refractivity contribution >= 4 is 17.4 Å². The van der Waals surface area contributed by atoms with E-state index in [4.69, 9.17) is 4.74 Å². The Kier molecular flexibility index (Phi) is 5.48. The number of amides is 2. The Morgan fingerprint density at radius 3 is 2.12 bits per heavy atom. The van der Waals surface area contributed by atoms with Gasteiger partial charge in [-0.05, 0) is 49.9 Å². The summed E-state index contributed by atoms with van der Waals surface area (Å²) >= 11 is 0. The monoisotopic (exact) mass is 358 g/mol. The lowest BCUT2D eigenvalue weighted by molar-refractivity contribution is 0.108. The van der Waals surface area contributed by atoms with E-state index in [2.05, 4.69) is 39.4 Å². The third-order valence-corrected chi connectivity index (χ3v) is 5.76. The lowest BCUT2D eigenvalue weighted by atomic mass is 10.2. The maximum Gasteiger partial charge on any atom is 0.317 e. The fourth-order valence-electron chi connectivity index (χ4n) is 4.14. The molecule has 3 saturated heterocycles. The van der Waals surface area contributed by atoms with Gasteiger partial charge in [-0.1, -0.05) is 0 Å². The van der Waals surface area contributed by atoms with Gasteiger partial charge in [-0.2, -0.15) is 0 Å². The van der Waals surface area contributed by atoms with E-state index in [1.54, 1.807) is 0 Å². The fraction of sp³-hybridized carbons (Fsp3) is 0.650. The number of rotatable bonds is 4. The summed E-state index contributed by atoms with van der Waals surface area (Å²) in [6.07, 6.45) is 4.98. The Balaban J connectivity index is 1.24. The Hall–Kier alpha value is -1.95. The average Bonchev–Trinajstić information content (AvgIpc) is 3.40. The molecule has 1 N–H and O–H groups in total. The minimum Gasteiger partial charge on any atom is -0.376 e. The van der Waals surface area contributed by atoms with Gasteiger partial charge in [-0.15, -0.1) is 0 Å². The third kappa shape index (κ3) is 4.06. The summed E-state index contributed by atoms with van der Waals surface area (Å²) in [4.78, 5) is 19.1. The number of ether oxygens (including phenoxy) is 1. The highest BCUT2D eigenvalue weighted by Crippen LogP contribution is 2.24. The molecule has 1 atom stereocenters. The maximum atomic E-state index is 12.3. The molecule has 3 aliphatic rings. The van der Waals surface area contributed by atoms with Crippen molar-refractivity contribution in [3.63, 3.8) is 0 Å². The van der Waals surface area contributed by atoms with Crippen LogP contribution in [0.25, 0.3) is 0 Å². The summed E-state index contributed by atoms with van der Waals surface area (Å²) in [5.74, 6) is 0. The molecular weight excluding hydrogens is 328 g/mol. The molecule has 4 rings (SSSR count). The lowest BCUT2D eigenvalue weighted by Gasteiger charge is -2.36. The van der Waals surface area contributed by atoms with Gasteiger partial charge in [0.05, 0.1) is 6.10 Å². The van der Waals surface area contributed by atoms with Gasteiger partial charge in [0.2, 0.25) is 0 Å². The maximum absolute atomic E-state index is 12.3. The van der Waals surface area contributed by atoms with Crippen molar-refractivity contribution in [1.82, 2.24) is 10.2 Å². The molecular formula is C20H30N4O2. The quantitative estimate of drug-likeness (QED) is 0.897. The Bertz CT molecular complexity index is 586. The zero-order valence-electron chi connectivity index (χ0n) is 15.5. The minimum atomic E-state index is 0.0459. The van der Waals surface area contributed by atoms with Gasteiger partial charge >= 0.3 is 6.03 Å². The molecule has 0 aromatic heterocycles. The highest BCUT2D eigenvalue weighted by Gasteiger charge is 2.23. The van der Waals surface area contributed by atoms with E-state index in [-0.39, 0.29) is 12.1 Å². The second-order valence-electron chi connectivity index (χ2n) is 7.51. The number of hydrogen-bond donors (Lipinski definition) is 1. The first-order chi connectivity index (χ1) is 12.8. The standard InChI is InChI=1S/C20H30N4O2/c25-20(21-16-19-4-3-15-26-19)24-13-11-23(12-14-24)18-7-5-17(6-8-18)22-9-1-2-10-22/h5-8,19H,1-4,9-16H2,(H,21,25). The van der Waals surface area contributed by atoms with Gasteiger partial charge in [0.15, 0.2) is 0 Å². The number of carbonyl (C=O) groups is 1. The van der Waals surface area contributed by atoms with Crippen LogP contribution in [0.15, 0.2) is 24.3 Å². The van der Waals surface area contributed by atoms with Crippen molar-refractivity contribution < 1.29 is 9.53 Å². The molecule has 3 aliphatic heterocycles. The SMILES string of the molecule is O=C(NCC1CCCO1)N1CCN(c2ccc(N3CCCC3)cc2)CC1. The summed E-state index contributed by atoms with van der Waals surface area (Å²) in [5.41, 5.74) is 2.59. The van der Waals surface area contributed by atoms with E-state index in [9.17, 15) is 4.79 Å². The van der Waals surface area contributed by atoms with Crippen LogP contribution in [0.5, 0.6) is 0 Å². The number of nitrogens with zero attached hydrogens (tertiary/aromatic N) is 3. The largest absolute Gasteiger partial charge is 0.376 e. The van der Waals surface area contributed by atoms with Gasteiger partial charge in [-0.25, -0.2) is 4.79 Å². The smallest absolute Gasteiger partial charge is 0.317 e. The van der Waals surface area contributed by atoms with E-state index in [1.165, 1.54) is 37.3 Å². The van der Waals surface area contributed by atoms with Crippen LogP contribution in [-0.2, 0) is 4.74 Å². The van der Waals surface area contributed by atoms with E-state index in [1.807, 2.05) is 4.90 Å². The molecule has 0 spiro atoms. The zero-order valence-corrected chi connectivity index (χ0v) is 15.5. The van der Waals surface area contributed by atoms with Crippen molar-refractivity contribution in [2.75, 3.05) is 62.2 Å². The van der Waals surface area contributed by atoms with Crippen LogP contribution in [0.4, 0.5) is 16.2 Å². The van der Waals surface area contributed by atoms with Crippen LogP contribution in [0, 0.1) is 0 Å². The van der Waals surface area contributed by atoms with Gasteiger partial charge in [0.1, 0.15) is 0 Å². The van der Waals surface area contributed by atoms with E-state index in [0.29, 0.717) is 6.54 Å². The number of benzene rings is 1. The summed E-state index contributed by atoms with van der Waals surface area (Å²) in [5, 5.41) is 3.03. The van der Waals surface area contributed by atoms with Crippen LogP contribution < -0.4 is 15.1 Å². The average molecular weight is 358 g/mol. The zero-order chi connectivity index (χ0) is 17.8. The van der Waals surface area contributed by atoms with Crippen LogP contribution in [0.2, 0.25) is 0 Å². The van der Waals surface area contributed by atoms with Gasteiger partial charge < -0.3 is 24.8 Å². The number of hydrogen-bond acceptors (Lipinski definition) is 4. The Labute approximate surface area is 156 Å². The van der Waals surface area contributed by atoms with Crippen molar-refractivity contribution in [1.29, 1.82) is 0 Å². The summed E-state index contributed by atoms with van der Waals surface area (Å²) in [6, 6.07) is 8.97. The molecule has 1 unspecified atom stereocenters. The first-order valence-electron chi connectivity index (χ1n) is 10.0. The van der Waals surface area contributed by atoms with Crippen LogP contribution in [0.1, 0.15) is 25.7 Å². The van der Waals surface area contributed by atoms with Gasteiger partial charge in [0, 0.05) is 63.8 Å². The van der Waals surface area contributed by atoms with Crippen molar-refractivity contribution in [3.05, 3.63) is 24.3 Å². The highest BCUT2D eigenvalue weighted by molar-refractivity contribution is 5.74. The summed E-state index contributed by atoms with van der Waals surface area (Å²) in [7, 11) is 0. The van der Waals surface area contributed by atoms with Crippen LogP contribution in [-0.4, -0.2) is 69.5 Å². The van der Waals surface area contributed by atoms with Crippen molar-refractivity contribution in [2.45, 2.75) is 31.8 Å². The lowest BCUT2D eigenvalue weighted by Crippen LogP contribution is -2.52. The first-order valence-corrected chi connectivity index (χ1v) is 10.0. The van der Waals surface area contributed by atoms with E-state index < -0.39 is 0 Å². The topological polar surface area (TPSA) is 48.1 Å². The number of urea groups is 1. The molecule has 0 bridgehead atoms. The van der Waals surface area contributed by atoms with Crippen molar-refractivity contribution in [2.24, 2.45) is 0 Å². The second kappa shape index (κ2) is 8.16. The molecule has 0 saturated carbocycles. The molecule has 2 amide bonds. The summed E-state index contributed by atoms with van der Waals surface area (Å²) < 4.78 is 5.57. The number of nitrogens with one attached hydrogen (secondary N) is 1. The van der Waals surface area contributed by atoms with Crippen LogP contribution in [0.3, 0.4) is 0 Å². The fourth-order valence-corrected chi connectivity index (χ4v) is 4.14. The highest BCUT2D eigenvalue weighted by atomic mass is 16.5. The van der Waals surface area contributed by atoms with Gasteiger partial charge in [-0.3, -0.25) is 0 Å². The third-order valence-electron chi connectivity index (χ3n) is 5.76. The molecule has 0 aliphatic carbocycles. The van der Waals surface area contributed by atoms with Crippen LogP contribution >= 0.6 is 0 Å². The van der Waals surface area contributed by atoms with E-state index >= 15 is 0 Å². The molecule has 6 heteroatoms. The number of piperazine rings is 1. The molecule has 1 aromatic rings. The Morgan fingerprint density at radius 2 is 1.54 bits per heavy atom. The molecule has 26 heavy (non-hydrogen) atoms. The minimum absolute atomic E-state index is 0.0459. The molecule has 6 nitrogen and oxygen atoms in total. The first kappa shape index (κ1) is 17.5. The van der Waals surface area contributed by atoms with E-state index in [0.717, 1.165) is 45.6 Å². The van der Waals surface area contributed by atoms with Gasteiger partial charge in [0.25, 0.3) is 0 Å². The molecule has 0 radical (unpaired) electrons. The summed E-state index contributed by atoms with van der Waals surface area (Å²) in [6.45, 7) is 7.13. The normalized spacial score (nSPS) is 23.5. The number of carbonyl (C=O) groups excluding carboxylic acids is 1. The Morgan fingerprint density at radius 1 is 0.923 bits per heavy atom. The molecule has 3 heterocycles. The molecule has 3 fully saturated rings. The second-order valence-corrected chi connectivity index (χ2v) is 7.51. The van der Waals surface area contributed by atoms with Crippen molar-refractivity contribution in [3.8, 4) is 0 Å². The molecule has 1 aromatic carbocycles. The predicted octanol–water partition coefficient (Wildman–Crippen LogP) is 2.30. The number of anilines is 2. The predicted molar refractivity (Wildman–Crippen MR) is 104 cm³/mol. The molecule has 142 valence electrons.